The fraction of sp³-hybridized carbons (Fsp3) is 0.214. The first-order valence-electron chi connectivity index (χ1n) is 5.74. The van der Waals surface area contributed by atoms with Crippen molar-refractivity contribution in [2.45, 2.75) is 6.92 Å². The number of benzene rings is 2. The molecule has 0 heterocycles. The zero-order valence-corrected chi connectivity index (χ0v) is 10.4. The van der Waals surface area contributed by atoms with E-state index in [1.165, 1.54) is 0 Å². The maximum atomic E-state index is 11.3. The molecule has 0 fully saturated rings. The molecule has 0 radical (unpaired) electrons. The molecule has 0 saturated carbocycles. The molecule has 4 nitrogen and oxygen atoms in total. The lowest BCUT2D eigenvalue weighted by molar-refractivity contribution is 0.168. The van der Waals surface area contributed by atoms with Gasteiger partial charge in [-0.05, 0) is 42.0 Å². The molecule has 94 valence electrons. The Morgan fingerprint density at radius 2 is 1.89 bits per heavy atom. The molecule has 0 aliphatic carbocycles. The van der Waals surface area contributed by atoms with Crippen LogP contribution < -0.4 is 10.1 Å². The summed E-state index contributed by atoms with van der Waals surface area (Å²) in [5.74, 6) is 0.814. The van der Waals surface area contributed by atoms with Gasteiger partial charge in [0.15, 0.2) is 0 Å². The van der Waals surface area contributed by atoms with Crippen LogP contribution in [0.3, 0.4) is 0 Å². The van der Waals surface area contributed by atoms with Gasteiger partial charge in [0.25, 0.3) is 0 Å². The van der Waals surface area contributed by atoms with Crippen LogP contribution >= 0.6 is 0 Å². The Kier molecular flexibility index (Phi) is 3.67. The van der Waals surface area contributed by atoms with Gasteiger partial charge < -0.3 is 9.47 Å². The smallest absolute Gasteiger partial charge is 0.411 e. The number of hydrogen-bond acceptors (Lipinski definition) is 3. The van der Waals surface area contributed by atoms with Crippen LogP contribution in [0, 0.1) is 0 Å². The topological polar surface area (TPSA) is 47.6 Å². The van der Waals surface area contributed by atoms with E-state index in [0.29, 0.717) is 12.3 Å². The van der Waals surface area contributed by atoms with Crippen molar-refractivity contribution in [3.05, 3.63) is 36.4 Å². The average molecular weight is 245 g/mol. The van der Waals surface area contributed by atoms with E-state index in [0.717, 1.165) is 16.5 Å². The van der Waals surface area contributed by atoms with Gasteiger partial charge in [0.05, 0.1) is 13.7 Å². The first-order chi connectivity index (χ1) is 8.72. The maximum absolute atomic E-state index is 11.3. The number of rotatable bonds is 3. The summed E-state index contributed by atoms with van der Waals surface area (Å²) in [7, 11) is 1.64. The molecule has 2 aromatic carbocycles. The number of anilines is 1. The summed E-state index contributed by atoms with van der Waals surface area (Å²) in [4.78, 5) is 11.3. The zero-order chi connectivity index (χ0) is 13.0. The van der Waals surface area contributed by atoms with Crippen LogP contribution in [0.1, 0.15) is 6.92 Å². The molecule has 2 rings (SSSR count). The number of carbonyl (C=O) groups excluding carboxylic acids is 1. The Morgan fingerprint density at radius 1 is 1.17 bits per heavy atom. The van der Waals surface area contributed by atoms with Gasteiger partial charge in [-0.15, -0.1) is 0 Å². The number of ether oxygens (including phenoxy) is 2. The van der Waals surface area contributed by atoms with Crippen molar-refractivity contribution in [3.8, 4) is 5.75 Å². The normalized spacial score (nSPS) is 10.1. The highest BCUT2D eigenvalue weighted by Gasteiger charge is 2.03. The van der Waals surface area contributed by atoms with Crippen molar-refractivity contribution >= 4 is 22.6 Å². The highest BCUT2D eigenvalue weighted by atomic mass is 16.5. The molecule has 1 amide bonds. The van der Waals surface area contributed by atoms with Crippen molar-refractivity contribution in [2.75, 3.05) is 19.0 Å². The Bertz CT molecular complexity index is 566. The van der Waals surface area contributed by atoms with E-state index < -0.39 is 6.09 Å². The standard InChI is InChI=1S/C14H15NO3/c1-3-18-14(16)15-12-6-4-11-9-13(17-2)7-5-10(11)8-12/h4-9H,3H2,1-2H3,(H,15,16). The SMILES string of the molecule is CCOC(=O)Nc1ccc2cc(OC)ccc2c1. The number of amides is 1. The van der Waals surface area contributed by atoms with Crippen molar-refractivity contribution in [1.82, 2.24) is 0 Å². The largest absolute Gasteiger partial charge is 0.497 e. The van der Waals surface area contributed by atoms with E-state index in [-0.39, 0.29) is 0 Å². The second-order valence-electron chi connectivity index (χ2n) is 3.77. The van der Waals surface area contributed by atoms with Crippen LogP contribution in [0.4, 0.5) is 10.5 Å². The summed E-state index contributed by atoms with van der Waals surface area (Å²) >= 11 is 0. The van der Waals surface area contributed by atoms with Gasteiger partial charge in [0, 0.05) is 5.69 Å². The maximum Gasteiger partial charge on any atom is 0.411 e. The lowest BCUT2D eigenvalue weighted by atomic mass is 10.1. The molecule has 0 aliphatic heterocycles. The highest BCUT2D eigenvalue weighted by Crippen LogP contribution is 2.23. The molecular weight excluding hydrogens is 230 g/mol. The minimum absolute atomic E-state index is 0.358. The van der Waals surface area contributed by atoms with E-state index in [4.69, 9.17) is 9.47 Å². The average Bonchev–Trinajstić information content (AvgIpc) is 2.38. The minimum Gasteiger partial charge on any atom is -0.497 e. The first kappa shape index (κ1) is 12.2. The Balaban J connectivity index is 2.25. The van der Waals surface area contributed by atoms with Gasteiger partial charge in [-0.1, -0.05) is 12.1 Å². The third-order valence-electron chi connectivity index (χ3n) is 2.57. The first-order valence-corrected chi connectivity index (χ1v) is 5.74. The number of hydrogen-bond donors (Lipinski definition) is 1. The van der Waals surface area contributed by atoms with Gasteiger partial charge in [-0.25, -0.2) is 4.79 Å². The van der Waals surface area contributed by atoms with Gasteiger partial charge in [0.2, 0.25) is 0 Å². The van der Waals surface area contributed by atoms with E-state index in [9.17, 15) is 4.79 Å². The minimum atomic E-state index is -0.439. The van der Waals surface area contributed by atoms with Gasteiger partial charge in [-0.3, -0.25) is 5.32 Å². The fourth-order valence-electron chi connectivity index (χ4n) is 1.71. The highest BCUT2D eigenvalue weighted by molar-refractivity contribution is 5.91. The van der Waals surface area contributed by atoms with E-state index in [2.05, 4.69) is 5.32 Å². The molecule has 0 bridgehead atoms. The predicted octanol–water partition coefficient (Wildman–Crippen LogP) is 3.42. The van der Waals surface area contributed by atoms with E-state index in [1.807, 2.05) is 36.4 Å². The van der Waals surface area contributed by atoms with Crippen LogP contribution in [0.5, 0.6) is 5.75 Å². The van der Waals surface area contributed by atoms with Crippen LogP contribution in [0.25, 0.3) is 10.8 Å². The zero-order valence-electron chi connectivity index (χ0n) is 10.4. The Hall–Kier alpha value is -2.23. The molecule has 0 spiro atoms. The number of carbonyl (C=O) groups is 1. The molecule has 1 N–H and O–H groups in total. The predicted molar refractivity (Wildman–Crippen MR) is 71.1 cm³/mol. The third-order valence-corrected chi connectivity index (χ3v) is 2.57. The second kappa shape index (κ2) is 5.40. The van der Waals surface area contributed by atoms with E-state index in [1.54, 1.807) is 14.0 Å². The van der Waals surface area contributed by atoms with Crippen LogP contribution in [-0.4, -0.2) is 19.8 Å². The molecule has 0 aromatic heterocycles. The molecule has 4 heteroatoms. The third kappa shape index (κ3) is 2.71. The Labute approximate surface area is 106 Å². The number of fused-ring (bicyclic) bond motifs is 1. The van der Waals surface area contributed by atoms with Crippen molar-refractivity contribution in [3.63, 3.8) is 0 Å². The van der Waals surface area contributed by atoms with Crippen LogP contribution in [0.15, 0.2) is 36.4 Å². The van der Waals surface area contributed by atoms with Crippen molar-refractivity contribution in [2.24, 2.45) is 0 Å². The molecule has 0 aliphatic rings. The van der Waals surface area contributed by atoms with Crippen LogP contribution in [-0.2, 0) is 4.74 Å². The summed E-state index contributed by atoms with van der Waals surface area (Å²) in [6.45, 7) is 2.13. The molecule has 0 atom stereocenters. The summed E-state index contributed by atoms with van der Waals surface area (Å²) in [5, 5.41) is 4.76. The van der Waals surface area contributed by atoms with Gasteiger partial charge in [-0.2, -0.15) is 0 Å². The van der Waals surface area contributed by atoms with Crippen molar-refractivity contribution < 1.29 is 14.3 Å². The molecule has 0 unspecified atom stereocenters. The van der Waals surface area contributed by atoms with Gasteiger partial charge >= 0.3 is 6.09 Å². The monoisotopic (exact) mass is 245 g/mol. The second-order valence-corrected chi connectivity index (χ2v) is 3.77. The lowest BCUT2D eigenvalue weighted by Crippen LogP contribution is -2.13. The number of nitrogens with one attached hydrogen (secondary N) is 1. The lowest BCUT2D eigenvalue weighted by Gasteiger charge is -2.07. The summed E-state index contributed by atoms with van der Waals surface area (Å²) in [5.41, 5.74) is 0.714. The van der Waals surface area contributed by atoms with Gasteiger partial charge in [0.1, 0.15) is 5.75 Å². The summed E-state index contributed by atoms with van der Waals surface area (Å²) in [6.07, 6.45) is -0.439. The summed E-state index contributed by atoms with van der Waals surface area (Å²) < 4.78 is 9.98. The summed E-state index contributed by atoms with van der Waals surface area (Å²) in [6, 6.07) is 11.4. The quantitative estimate of drug-likeness (QED) is 0.901. The molecular formula is C14H15NO3. The fourth-order valence-corrected chi connectivity index (χ4v) is 1.71. The molecule has 0 saturated heterocycles. The molecule has 18 heavy (non-hydrogen) atoms. The Morgan fingerprint density at radius 3 is 2.61 bits per heavy atom. The number of methoxy groups -OCH3 is 1. The van der Waals surface area contributed by atoms with Crippen molar-refractivity contribution in [1.29, 1.82) is 0 Å². The molecule has 2 aromatic rings. The van der Waals surface area contributed by atoms with E-state index >= 15 is 0 Å². The van der Waals surface area contributed by atoms with Crippen LogP contribution in [0.2, 0.25) is 0 Å².